The predicted octanol–water partition coefficient (Wildman–Crippen LogP) is 3.84. The summed E-state index contributed by atoms with van der Waals surface area (Å²) in [5.41, 5.74) is 2.55. The topological polar surface area (TPSA) is 53.2 Å². The Labute approximate surface area is 134 Å². The van der Waals surface area contributed by atoms with Gasteiger partial charge in [-0.2, -0.15) is 0 Å². The van der Waals surface area contributed by atoms with Crippen LogP contribution in [0.3, 0.4) is 0 Å². The van der Waals surface area contributed by atoms with Crippen LogP contribution >= 0.6 is 12.2 Å². The first kappa shape index (κ1) is 14.5. The number of hydrogen-bond acceptors (Lipinski definition) is 2. The molecule has 1 amide bonds. The van der Waals surface area contributed by atoms with Crippen LogP contribution in [0.15, 0.2) is 54.6 Å². The highest BCUT2D eigenvalue weighted by atomic mass is 32.1. The summed E-state index contributed by atoms with van der Waals surface area (Å²) >= 11 is 5.29. The third-order valence-electron chi connectivity index (χ3n) is 3.37. The lowest BCUT2D eigenvalue weighted by atomic mass is 10.2. The molecule has 2 aromatic rings. The minimum absolute atomic E-state index is 0.0992. The van der Waals surface area contributed by atoms with Crippen molar-refractivity contribution in [3.05, 3.63) is 54.6 Å². The van der Waals surface area contributed by atoms with Crippen molar-refractivity contribution in [2.75, 3.05) is 16.0 Å². The Hall–Kier alpha value is -2.40. The Balaban J connectivity index is 1.59. The van der Waals surface area contributed by atoms with Gasteiger partial charge in [0.25, 0.3) is 0 Å². The quantitative estimate of drug-likeness (QED) is 0.751. The molecule has 0 atom stereocenters. The third kappa shape index (κ3) is 4.05. The summed E-state index contributed by atoms with van der Waals surface area (Å²) in [6, 6.07) is 17.3. The van der Waals surface area contributed by atoms with E-state index in [9.17, 15) is 4.79 Å². The Morgan fingerprint density at radius 2 is 1.45 bits per heavy atom. The smallest absolute Gasteiger partial charge is 0.227 e. The molecule has 1 aliphatic rings. The maximum Gasteiger partial charge on any atom is 0.227 e. The van der Waals surface area contributed by atoms with Crippen molar-refractivity contribution in [3.8, 4) is 0 Å². The fourth-order valence-electron chi connectivity index (χ4n) is 2.08. The van der Waals surface area contributed by atoms with Crippen LogP contribution in [-0.2, 0) is 4.79 Å². The number of benzene rings is 2. The maximum atomic E-state index is 11.8. The second-order valence-electron chi connectivity index (χ2n) is 5.29. The van der Waals surface area contributed by atoms with E-state index < -0.39 is 0 Å². The molecule has 0 aliphatic heterocycles. The molecule has 3 rings (SSSR count). The SMILES string of the molecule is O=C(Nc1cccc(NC(=S)Nc2ccccc2)c1)C1CC1. The second kappa shape index (κ2) is 6.58. The zero-order valence-electron chi connectivity index (χ0n) is 12.0. The second-order valence-corrected chi connectivity index (χ2v) is 5.70. The molecular formula is C17H17N3OS. The molecule has 0 spiro atoms. The van der Waals surface area contributed by atoms with Crippen LogP contribution in [0.25, 0.3) is 0 Å². The van der Waals surface area contributed by atoms with Crippen molar-refractivity contribution < 1.29 is 4.79 Å². The molecule has 4 nitrogen and oxygen atoms in total. The third-order valence-corrected chi connectivity index (χ3v) is 3.57. The summed E-state index contributed by atoms with van der Waals surface area (Å²) < 4.78 is 0. The van der Waals surface area contributed by atoms with Crippen molar-refractivity contribution >= 4 is 40.3 Å². The van der Waals surface area contributed by atoms with Crippen molar-refractivity contribution in [2.45, 2.75) is 12.8 Å². The highest BCUT2D eigenvalue weighted by Crippen LogP contribution is 2.30. The van der Waals surface area contributed by atoms with Gasteiger partial charge >= 0.3 is 0 Å². The molecule has 5 heteroatoms. The van der Waals surface area contributed by atoms with Crippen molar-refractivity contribution in [1.29, 1.82) is 0 Å². The predicted molar refractivity (Wildman–Crippen MR) is 94.1 cm³/mol. The zero-order valence-corrected chi connectivity index (χ0v) is 12.8. The lowest BCUT2D eigenvalue weighted by molar-refractivity contribution is -0.117. The molecule has 2 aromatic carbocycles. The van der Waals surface area contributed by atoms with E-state index in [0.29, 0.717) is 5.11 Å². The number of para-hydroxylation sites is 1. The standard InChI is InChI=1S/C17H17N3OS/c21-16(12-9-10-12)18-14-7-4-8-15(11-14)20-17(22)19-13-5-2-1-3-6-13/h1-8,11-12H,9-10H2,(H,18,21)(H2,19,20,22). The van der Waals surface area contributed by atoms with Crippen LogP contribution in [0.4, 0.5) is 17.1 Å². The van der Waals surface area contributed by atoms with E-state index in [4.69, 9.17) is 12.2 Å². The van der Waals surface area contributed by atoms with E-state index in [0.717, 1.165) is 29.9 Å². The summed E-state index contributed by atoms with van der Waals surface area (Å²) in [5.74, 6) is 0.291. The maximum absolute atomic E-state index is 11.8. The van der Waals surface area contributed by atoms with Gasteiger partial charge in [-0.1, -0.05) is 24.3 Å². The van der Waals surface area contributed by atoms with Gasteiger partial charge in [0.05, 0.1) is 0 Å². The number of hydrogen-bond donors (Lipinski definition) is 3. The van der Waals surface area contributed by atoms with E-state index in [-0.39, 0.29) is 11.8 Å². The lowest BCUT2D eigenvalue weighted by Crippen LogP contribution is -2.19. The molecule has 0 saturated heterocycles. The summed E-state index contributed by atoms with van der Waals surface area (Å²) in [6.45, 7) is 0. The van der Waals surface area contributed by atoms with Gasteiger partial charge in [0, 0.05) is 23.0 Å². The summed E-state index contributed by atoms with van der Waals surface area (Å²) in [6.07, 6.45) is 1.99. The van der Waals surface area contributed by atoms with Crippen LogP contribution in [0.2, 0.25) is 0 Å². The molecule has 22 heavy (non-hydrogen) atoms. The minimum atomic E-state index is 0.0992. The van der Waals surface area contributed by atoms with Crippen molar-refractivity contribution in [2.24, 2.45) is 5.92 Å². The highest BCUT2D eigenvalue weighted by molar-refractivity contribution is 7.80. The van der Waals surface area contributed by atoms with Gasteiger partial charge in [0.2, 0.25) is 5.91 Å². The number of amides is 1. The lowest BCUT2D eigenvalue weighted by Gasteiger charge is -2.12. The highest BCUT2D eigenvalue weighted by Gasteiger charge is 2.29. The fourth-order valence-corrected chi connectivity index (χ4v) is 2.32. The monoisotopic (exact) mass is 311 g/mol. The molecule has 0 aromatic heterocycles. The van der Waals surface area contributed by atoms with Gasteiger partial charge in [-0.05, 0) is 55.4 Å². The molecule has 1 saturated carbocycles. The van der Waals surface area contributed by atoms with Gasteiger partial charge in [-0.3, -0.25) is 4.79 Å². The number of carbonyl (C=O) groups excluding carboxylic acids is 1. The molecule has 1 aliphatic carbocycles. The van der Waals surface area contributed by atoms with E-state index >= 15 is 0 Å². The molecule has 112 valence electrons. The summed E-state index contributed by atoms with van der Waals surface area (Å²) in [4.78, 5) is 11.8. The first-order chi connectivity index (χ1) is 10.7. The molecule has 1 fully saturated rings. The van der Waals surface area contributed by atoms with E-state index in [2.05, 4.69) is 16.0 Å². The zero-order chi connectivity index (χ0) is 15.4. The van der Waals surface area contributed by atoms with Gasteiger partial charge in [-0.25, -0.2) is 0 Å². The molecule has 0 radical (unpaired) electrons. The Bertz CT molecular complexity index is 683. The van der Waals surface area contributed by atoms with Gasteiger partial charge in [-0.15, -0.1) is 0 Å². The van der Waals surface area contributed by atoms with Crippen LogP contribution in [0.1, 0.15) is 12.8 Å². The first-order valence-corrected chi connectivity index (χ1v) is 7.65. The minimum Gasteiger partial charge on any atom is -0.332 e. The summed E-state index contributed by atoms with van der Waals surface area (Å²) in [7, 11) is 0. The van der Waals surface area contributed by atoms with Gasteiger partial charge in [0.1, 0.15) is 0 Å². The molecule has 3 N–H and O–H groups in total. The number of rotatable bonds is 4. The van der Waals surface area contributed by atoms with E-state index in [1.54, 1.807) is 0 Å². The number of anilines is 3. The van der Waals surface area contributed by atoms with Gasteiger partial charge < -0.3 is 16.0 Å². The van der Waals surface area contributed by atoms with E-state index in [1.807, 2.05) is 54.6 Å². The Kier molecular flexibility index (Phi) is 4.34. The largest absolute Gasteiger partial charge is 0.332 e. The number of nitrogens with one attached hydrogen (secondary N) is 3. The molecular weight excluding hydrogens is 294 g/mol. The fraction of sp³-hybridized carbons (Fsp3) is 0.176. The van der Waals surface area contributed by atoms with Crippen molar-refractivity contribution in [3.63, 3.8) is 0 Å². The van der Waals surface area contributed by atoms with Crippen LogP contribution < -0.4 is 16.0 Å². The van der Waals surface area contributed by atoms with Crippen molar-refractivity contribution in [1.82, 2.24) is 0 Å². The van der Waals surface area contributed by atoms with Crippen LogP contribution in [-0.4, -0.2) is 11.0 Å². The average molecular weight is 311 g/mol. The molecule has 0 unspecified atom stereocenters. The average Bonchev–Trinajstić information content (AvgIpc) is 3.33. The first-order valence-electron chi connectivity index (χ1n) is 7.25. The van der Waals surface area contributed by atoms with E-state index in [1.165, 1.54) is 0 Å². The Morgan fingerprint density at radius 1 is 0.864 bits per heavy atom. The normalized spacial score (nSPS) is 13.3. The number of thiocarbonyl (C=S) groups is 1. The molecule has 0 heterocycles. The Morgan fingerprint density at radius 3 is 2.14 bits per heavy atom. The van der Waals surface area contributed by atoms with Crippen LogP contribution in [0.5, 0.6) is 0 Å². The van der Waals surface area contributed by atoms with Gasteiger partial charge in [0.15, 0.2) is 5.11 Å². The molecule has 0 bridgehead atoms. The van der Waals surface area contributed by atoms with Crippen LogP contribution in [0, 0.1) is 5.92 Å². The number of carbonyl (C=O) groups is 1. The summed E-state index contributed by atoms with van der Waals surface area (Å²) in [5, 5.41) is 9.67.